The van der Waals surface area contributed by atoms with Crippen LogP contribution in [0.15, 0.2) is 71.8 Å². The van der Waals surface area contributed by atoms with Gasteiger partial charge in [-0.3, -0.25) is 14.7 Å². The molecule has 2 aromatic heterocycles. The van der Waals surface area contributed by atoms with E-state index in [4.69, 9.17) is 4.74 Å². The lowest BCUT2D eigenvalue weighted by molar-refractivity contribution is 0.0981. The number of sulfone groups is 1. The van der Waals surface area contributed by atoms with Crippen LogP contribution in [0.1, 0.15) is 23.0 Å². The zero-order valence-electron chi connectivity index (χ0n) is 17.6. The molecule has 0 atom stereocenters. The zero-order chi connectivity index (χ0) is 22.7. The highest BCUT2D eigenvalue weighted by molar-refractivity contribution is 7.91. The summed E-state index contributed by atoms with van der Waals surface area (Å²) < 4.78 is 31.4. The molecule has 164 valence electrons. The molecule has 2 heterocycles. The number of anilines is 1. The van der Waals surface area contributed by atoms with Crippen molar-refractivity contribution < 1.29 is 17.9 Å². The number of hydrogen-bond donors (Lipinski definition) is 0. The molecule has 2 aromatic carbocycles. The van der Waals surface area contributed by atoms with Crippen LogP contribution in [0.2, 0.25) is 0 Å². The Labute approximate surface area is 190 Å². The van der Waals surface area contributed by atoms with Crippen LogP contribution in [-0.4, -0.2) is 37.2 Å². The van der Waals surface area contributed by atoms with Crippen molar-refractivity contribution >= 4 is 42.4 Å². The number of rotatable bonds is 7. The van der Waals surface area contributed by atoms with Gasteiger partial charge in [0.2, 0.25) is 0 Å². The third-order valence-corrected chi connectivity index (χ3v) is 7.77. The van der Waals surface area contributed by atoms with E-state index in [0.717, 1.165) is 10.2 Å². The summed E-state index contributed by atoms with van der Waals surface area (Å²) in [6, 6.07) is 17.2. The monoisotopic (exact) mass is 467 g/mol. The van der Waals surface area contributed by atoms with Gasteiger partial charge in [-0.2, -0.15) is 0 Å². The molecule has 7 nitrogen and oxygen atoms in total. The van der Waals surface area contributed by atoms with Crippen LogP contribution in [0.25, 0.3) is 10.2 Å². The highest BCUT2D eigenvalue weighted by Crippen LogP contribution is 2.33. The second-order valence-electron chi connectivity index (χ2n) is 6.94. The van der Waals surface area contributed by atoms with Crippen molar-refractivity contribution in [3.05, 3.63) is 78.1 Å². The summed E-state index contributed by atoms with van der Waals surface area (Å²) in [5.41, 5.74) is 1.50. The summed E-state index contributed by atoms with van der Waals surface area (Å²) in [5.74, 6) is 0.141. The van der Waals surface area contributed by atoms with Crippen molar-refractivity contribution in [2.24, 2.45) is 0 Å². The Morgan fingerprint density at radius 3 is 2.59 bits per heavy atom. The number of hydrogen-bond acceptors (Lipinski definition) is 7. The Hall–Kier alpha value is -3.30. The summed E-state index contributed by atoms with van der Waals surface area (Å²) in [6.07, 6.45) is 1.65. The lowest BCUT2D eigenvalue weighted by atomic mass is 10.2. The molecular weight excluding hydrogens is 446 g/mol. The van der Waals surface area contributed by atoms with E-state index in [0.29, 0.717) is 16.6 Å². The van der Waals surface area contributed by atoms with Gasteiger partial charge < -0.3 is 4.74 Å². The van der Waals surface area contributed by atoms with Gasteiger partial charge in [0.15, 0.2) is 15.0 Å². The molecule has 0 N–H and O–H groups in total. The molecule has 0 aliphatic carbocycles. The Balaban J connectivity index is 1.83. The van der Waals surface area contributed by atoms with Crippen LogP contribution < -0.4 is 9.64 Å². The third kappa shape index (κ3) is 4.35. The molecule has 4 aromatic rings. The van der Waals surface area contributed by atoms with Crippen LogP contribution in [0.5, 0.6) is 5.75 Å². The summed E-state index contributed by atoms with van der Waals surface area (Å²) in [7, 11) is -2.00. The van der Waals surface area contributed by atoms with Crippen LogP contribution in [-0.2, 0) is 16.4 Å². The van der Waals surface area contributed by atoms with Gasteiger partial charge in [0.05, 0.1) is 45.8 Å². The smallest absolute Gasteiger partial charge is 0.261 e. The number of fused-ring (bicyclic) bond motifs is 1. The molecule has 9 heteroatoms. The number of pyridine rings is 1. The van der Waals surface area contributed by atoms with Gasteiger partial charge >= 0.3 is 0 Å². The van der Waals surface area contributed by atoms with Gasteiger partial charge in [0, 0.05) is 6.20 Å². The molecule has 0 radical (unpaired) electrons. The highest BCUT2D eigenvalue weighted by atomic mass is 32.2. The van der Waals surface area contributed by atoms with Gasteiger partial charge in [0.25, 0.3) is 5.91 Å². The van der Waals surface area contributed by atoms with Crippen molar-refractivity contribution in [2.45, 2.75) is 18.4 Å². The molecule has 0 saturated heterocycles. The van der Waals surface area contributed by atoms with Gasteiger partial charge in [-0.15, -0.1) is 0 Å². The van der Waals surface area contributed by atoms with Crippen molar-refractivity contribution in [3.8, 4) is 5.75 Å². The van der Waals surface area contributed by atoms with Crippen molar-refractivity contribution in [1.29, 1.82) is 0 Å². The lowest BCUT2D eigenvalue weighted by Gasteiger charge is -2.21. The molecule has 0 saturated carbocycles. The summed E-state index contributed by atoms with van der Waals surface area (Å²) in [6.45, 7) is 1.71. The molecule has 32 heavy (non-hydrogen) atoms. The Morgan fingerprint density at radius 2 is 1.88 bits per heavy atom. The topological polar surface area (TPSA) is 89.5 Å². The maximum absolute atomic E-state index is 13.7. The molecule has 1 amide bonds. The van der Waals surface area contributed by atoms with Crippen LogP contribution in [0.3, 0.4) is 0 Å². The van der Waals surface area contributed by atoms with E-state index in [1.54, 1.807) is 44.5 Å². The van der Waals surface area contributed by atoms with Gasteiger partial charge in [-0.1, -0.05) is 36.5 Å². The minimum absolute atomic E-state index is 0.0151. The molecule has 0 spiro atoms. The summed E-state index contributed by atoms with van der Waals surface area (Å²) in [4.78, 5) is 24.2. The Morgan fingerprint density at radius 1 is 1.09 bits per heavy atom. The van der Waals surface area contributed by atoms with Crippen molar-refractivity contribution in [3.63, 3.8) is 0 Å². The Kier molecular flexibility index (Phi) is 6.20. The fourth-order valence-electron chi connectivity index (χ4n) is 3.23. The van der Waals surface area contributed by atoms with Gasteiger partial charge in [0.1, 0.15) is 5.75 Å². The second kappa shape index (κ2) is 9.05. The maximum Gasteiger partial charge on any atom is 0.261 e. The number of methoxy groups -OCH3 is 1. The van der Waals surface area contributed by atoms with E-state index in [9.17, 15) is 13.2 Å². The van der Waals surface area contributed by atoms with E-state index in [2.05, 4.69) is 9.97 Å². The number of carbonyl (C=O) groups excluding carboxylic acids is 1. The maximum atomic E-state index is 13.7. The van der Waals surface area contributed by atoms with Crippen LogP contribution in [0, 0.1) is 0 Å². The van der Waals surface area contributed by atoms with E-state index < -0.39 is 15.7 Å². The summed E-state index contributed by atoms with van der Waals surface area (Å²) in [5, 5.41) is 0.451. The zero-order valence-corrected chi connectivity index (χ0v) is 19.2. The van der Waals surface area contributed by atoms with Crippen LogP contribution >= 0.6 is 11.3 Å². The standard InChI is InChI=1S/C23H21N3O4S2/c1-3-32(28,29)21-10-5-4-9-18(21)22(27)26(15-16-8-6-7-13-24-16)23-25-19-12-11-17(30-2)14-20(19)31-23/h4-14H,3,15H2,1-2H3. The minimum Gasteiger partial charge on any atom is -0.497 e. The Bertz CT molecular complexity index is 1370. The summed E-state index contributed by atoms with van der Waals surface area (Å²) >= 11 is 1.33. The fourth-order valence-corrected chi connectivity index (χ4v) is 5.31. The largest absolute Gasteiger partial charge is 0.497 e. The predicted molar refractivity (Wildman–Crippen MR) is 125 cm³/mol. The number of benzene rings is 2. The number of amides is 1. The number of aromatic nitrogens is 2. The number of thiazole rings is 1. The predicted octanol–water partition coefficient (Wildman–Crippen LogP) is 4.34. The average Bonchev–Trinajstić information content (AvgIpc) is 3.25. The van der Waals surface area contributed by atoms with Crippen LogP contribution in [0.4, 0.5) is 5.13 Å². The van der Waals surface area contributed by atoms with Crippen molar-refractivity contribution in [1.82, 2.24) is 9.97 Å². The number of carbonyl (C=O) groups is 1. The minimum atomic E-state index is -3.59. The van der Waals surface area contributed by atoms with E-state index >= 15 is 0 Å². The first-order valence-electron chi connectivity index (χ1n) is 9.91. The first-order chi connectivity index (χ1) is 15.4. The van der Waals surface area contributed by atoms with Crippen molar-refractivity contribution in [2.75, 3.05) is 17.8 Å². The quantitative estimate of drug-likeness (QED) is 0.402. The van der Waals surface area contributed by atoms with Gasteiger partial charge in [-0.25, -0.2) is 13.4 Å². The molecular formula is C23H21N3O4S2. The average molecular weight is 468 g/mol. The molecule has 0 aliphatic heterocycles. The van der Waals surface area contributed by atoms with E-state index in [1.165, 1.54) is 28.4 Å². The fraction of sp³-hybridized carbons (Fsp3) is 0.174. The van der Waals surface area contributed by atoms with E-state index in [1.807, 2.05) is 24.3 Å². The molecule has 4 rings (SSSR count). The molecule has 0 unspecified atom stereocenters. The SMILES string of the molecule is CCS(=O)(=O)c1ccccc1C(=O)N(Cc1ccccn1)c1nc2ccc(OC)cc2s1. The molecule has 0 fully saturated rings. The highest BCUT2D eigenvalue weighted by Gasteiger charge is 2.27. The second-order valence-corrected chi connectivity index (χ2v) is 10.2. The lowest BCUT2D eigenvalue weighted by Crippen LogP contribution is -2.32. The number of ether oxygens (including phenoxy) is 1. The van der Waals surface area contributed by atoms with Gasteiger partial charge in [-0.05, 0) is 42.5 Å². The normalized spacial score (nSPS) is 11.4. The first kappa shape index (κ1) is 21.9. The first-order valence-corrected chi connectivity index (χ1v) is 12.4. The number of nitrogens with zero attached hydrogens (tertiary/aromatic N) is 3. The van der Waals surface area contributed by atoms with E-state index in [-0.39, 0.29) is 22.8 Å². The molecule has 0 aliphatic rings. The third-order valence-electron chi connectivity index (χ3n) is 4.94. The molecule has 0 bridgehead atoms.